The molecule has 3 aromatic heterocycles. The molecule has 0 bridgehead atoms. The number of benzene rings is 5. The number of thiophene rings is 1. The summed E-state index contributed by atoms with van der Waals surface area (Å²) in [4.78, 5) is 5.11. The highest BCUT2D eigenvalue weighted by Gasteiger charge is 2.37. The maximum absolute atomic E-state index is 5.11. The molecule has 2 nitrogen and oxygen atoms in total. The standard InChI is InChI=1S/C38H26N2S/c1-38(2)30-12-6-3-11-28(30)36-31(38)18-17-27-25-9-4-7-13-32(25)40(37(27)36)35-20-16-24(22-39-35)23-15-19-34-29(21-23)26-10-5-8-14-33(26)41-34/h3-22H,1-2H3. The molecule has 0 amide bonds. The van der Waals surface area contributed by atoms with E-state index in [9.17, 15) is 0 Å². The summed E-state index contributed by atoms with van der Waals surface area (Å²) in [6, 6.07) is 42.1. The Morgan fingerprint density at radius 3 is 2.24 bits per heavy atom. The van der Waals surface area contributed by atoms with Crippen molar-refractivity contribution in [1.29, 1.82) is 0 Å². The molecule has 0 spiro atoms. The molecule has 0 saturated carbocycles. The predicted molar refractivity (Wildman–Crippen MR) is 174 cm³/mol. The van der Waals surface area contributed by atoms with Crippen molar-refractivity contribution >= 4 is 53.3 Å². The smallest absolute Gasteiger partial charge is 0.137 e. The quantitative estimate of drug-likeness (QED) is 0.212. The first-order valence-corrected chi connectivity index (χ1v) is 15.0. The van der Waals surface area contributed by atoms with Gasteiger partial charge < -0.3 is 0 Å². The molecule has 3 heteroatoms. The van der Waals surface area contributed by atoms with E-state index in [1.54, 1.807) is 0 Å². The lowest BCUT2D eigenvalue weighted by Crippen LogP contribution is -2.14. The van der Waals surface area contributed by atoms with Crippen LogP contribution in [0.3, 0.4) is 0 Å². The van der Waals surface area contributed by atoms with Crippen molar-refractivity contribution in [3.63, 3.8) is 0 Å². The molecule has 0 unspecified atom stereocenters. The van der Waals surface area contributed by atoms with Gasteiger partial charge in [-0.25, -0.2) is 4.98 Å². The van der Waals surface area contributed by atoms with Crippen LogP contribution in [0.1, 0.15) is 25.0 Å². The van der Waals surface area contributed by atoms with Gasteiger partial charge in [0, 0.05) is 53.7 Å². The molecular formula is C38H26N2S. The Balaban J connectivity index is 1.27. The Kier molecular flexibility index (Phi) is 4.58. The maximum Gasteiger partial charge on any atom is 0.137 e. The van der Waals surface area contributed by atoms with E-state index in [0.717, 1.165) is 11.4 Å². The fourth-order valence-corrected chi connectivity index (χ4v) is 8.16. The number of nitrogens with zero attached hydrogens (tertiary/aromatic N) is 2. The molecule has 0 aliphatic heterocycles. The van der Waals surface area contributed by atoms with Crippen molar-refractivity contribution in [2.45, 2.75) is 19.3 Å². The summed E-state index contributed by atoms with van der Waals surface area (Å²) >= 11 is 1.85. The van der Waals surface area contributed by atoms with Crippen LogP contribution in [-0.2, 0) is 5.41 Å². The largest absolute Gasteiger partial charge is 0.293 e. The SMILES string of the molecule is CC1(C)c2ccccc2-c2c1ccc1c3ccccc3n(-c3ccc(-c4ccc5sc6ccccc6c5c4)cn3)c21. The molecule has 41 heavy (non-hydrogen) atoms. The summed E-state index contributed by atoms with van der Waals surface area (Å²) in [5, 5.41) is 5.16. The number of hydrogen-bond acceptors (Lipinski definition) is 2. The molecule has 1 aliphatic rings. The third-order valence-electron chi connectivity index (χ3n) is 9.07. The fraction of sp³-hybridized carbons (Fsp3) is 0.0789. The van der Waals surface area contributed by atoms with Crippen LogP contribution in [0, 0.1) is 0 Å². The van der Waals surface area contributed by atoms with Crippen LogP contribution in [0.15, 0.2) is 121 Å². The van der Waals surface area contributed by atoms with E-state index in [2.05, 4.69) is 134 Å². The van der Waals surface area contributed by atoms with Gasteiger partial charge in [-0.3, -0.25) is 4.57 Å². The lowest BCUT2D eigenvalue weighted by atomic mass is 9.82. The number of para-hydroxylation sites is 1. The third-order valence-corrected chi connectivity index (χ3v) is 10.2. The zero-order valence-electron chi connectivity index (χ0n) is 22.8. The van der Waals surface area contributed by atoms with Crippen LogP contribution in [0.5, 0.6) is 0 Å². The first-order valence-electron chi connectivity index (χ1n) is 14.1. The van der Waals surface area contributed by atoms with Crippen LogP contribution < -0.4 is 0 Å². The van der Waals surface area contributed by atoms with Crippen LogP contribution >= 0.6 is 11.3 Å². The molecule has 0 saturated heterocycles. The van der Waals surface area contributed by atoms with Crippen molar-refractivity contribution in [3.8, 4) is 28.1 Å². The highest BCUT2D eigenvalue weighted by Crippen LogP contribution is 2.52. The first-order chi connectivity index (χ1) is 20.1. The Labute approximate surface area is 242 Å². The van der Waals surface area contributed by atoms with Gasteiger partial charge in [-0.15, -0.1) is 11.3 Å². The number of hydrogen-bond donors (Lipinski definition) is 0. The Hall–Kier alpha value is -4.73. The summed E-state index contributed by atoms with van der Waals surface area (Å²) in [6.07, 6.45) is 2.03. The molecule has 194 valence electrons. The van der Waals surface area contributed by atoms with Gasteiger partial charge in [-0.05, 0) is 58.7 Å². The molecule has 0 radical (unpaired) electrons. The molecule has 8 aromatic rings. The second-order valence-corrected chi connectivity index (χ2v) is 12.7. The van der Waals surface area contributed by atoms with Gasteiger partial charge in [0.1, 0.15) is 5.82 Å². The maximum atomic E-state index is 5.11. The minimum atomic E-state index is -0.0524. The Morgan fingerprint density at radius 2 is 1.37 bits per heavy atom. The van der Waals surface area contributed by atoms with E-state index < -0.39 is 0 Å². The molecule has 0 fully saturated rings. The van der Waals surface area contributed by atoms with Crippen molar-refractivity contribution in [2.24, 2.45) is 0 Å². The summed E-state index contributed by atoms with van der Waals surface area (Å²) in [5.74, 6) is 0.942. The number of pyridine rings is 1. The van der Waals surface area contributed by atoms with Gasteiger partial charge in [-0.1, -0.05) is 92.7 Å². The molecule has 1 aliphatic carbocycles. The Bertz CT molecular complexity index is 2330. The van der Waals surface area contributed by atoms with Crippen LogP contribution in [0.25, 0.3) is 70.0 Å². The molecule has 5 aromatic carbocycles. The number of fused-ring (bicyclic) bond motifs is 10. The monoisotopic (exact) mass is 542 g/mol. The summed E-state index contributed by atoms with van der Waals surface area (Å²) in [5.41, 5.74) is 10.1. The molecule has 0 atom stereocenters. The molecule has 0 N–H and O–H groups in total. The molecular weight excluding hydrogens is 516 g/mol. The van der Waals surface area contributed by atoms with Gasteiger partial charge in [0.05, 0.1) is 11.0 Å². The van der Waals surface area contributed by atoms with Gasteiger partial charge in [-0.2, -0.15) is 0 Å². The number of rotatable bonds is 2. The van der Waals surface area contributed by atoms with Crippen LogP contribution in [0.2, 0.25) is 0 Å². The summed E-state index contributed by atoms with van der Waals surface area (Å²) in [6.45, 7) is 4.69. The van der Waals surface area contributed by atoms with Crippen molar-refractivity contribution in [1.82, 2.24) is 9.55 Å². The van der Waals surface area contributed by atoms with E-state index in [4.69, 9.17) is 4.98 Å². The van der Waals surface area contributed by atoms with E-state index >= 15 is 0 Å². The normalized spacial score (nSPS) is 13.8. The topological polar surface area (TPSA) is 17.8 Å². The minimum Gasteiger partial charge on any atom is -0.293 e. The lowest BCUT2D eigenvalue weighted by Gasteiger charge is -2.21. The number of aromatic nitrogens is 2. The fourth-order valence-electron chi connectivity index (χ4n) is 7.07. The molecule has 9 rings (SSSR count). The van der Waals surface area contributed by atoms with Crippen molar-refractivity contribution in [2.75, 3.05) is 0 Å². The molecule has 3 heterocycles. The highest BCUT2D eigenvalue weighted by molar-refractivity contribution is 7.25. The van der Waals surface area contributed by atoms with Gasteiger partial charge >= 0.3 is 0 Å². The first kappa shape index (κ1) is 23.0. The summed E-state index contributed by atoms with van der Waals surface area (Å²) < 4.78 is 5.03. The van der Waals surface area contributed by atoms with Gasteiger partial charge in [0.25, 0.3) is 0 Å². The van der Waals surface area contributed by atoms with Crippen LogP contribution in [-0.4, -0.2) is 9.55 Å². The average Bonchev–Trinajstić information content (AvgIpc) is 3.63. The Morgan fingerprint density at radius 1 is 0.610 bits per heavy atom. The zero-order valence-corrected chi connectivity index (χ0v) is 23.7. The van der Waals surface area contributed by atoms with E-state index in [-0.39, 0.29) is 5.41 Å². The van der Waals surface area contributed by atoms with Crippen molar-refractivity contribution in [3.05, 3.63) is 133 Å². The third kappa shape index (κ3) is 3.10. The van der Waals surface area contributed by atoms with E-state index in [1.165, 1.54) is 69.8 Å². The van der Waals surface area contributed by atoms with E-state index in [1.807, 2.05) is 17.5 Å². The van der Waals surface area contributed by atoms with Gasteiger partial charge in [0.15, 0.2) is 0 Å². The van der Waals surface area contributed by atoms with Gasteiger partial charge in [0.2, 0.25) is 0 Å². The predicted octanol–water partition coefficient (Wildman–Crippen LogP) is 10.5. The second-order valence-electron chi connectivity index (χ2n) is 11.6. The average molecular weight is 543 g/mol. The van der Waals surface area contributed by atoms with E-state index in [0.29, 0.717) is 0 Å². The summed E-state index contributed by atoms with van der Waals surface area (Å²) in [7, 11) is 0. The minimum absolute atomic E-state index is 0.0524. The zero-order chi connectivity index (χ0) is 27.3. The van der Waals surface area contributed by atoms with Crippen molar-refractivity contribution < 1.29 is 0 Å². The van der Waals surface area contributed by atoms with Crippen LogP contribution in [0.4, 0.5) is 0 Å². The second kappa shape index (κ2) is 8.15. The lowest BCUT2D eigenvalue weighted by molar-refractivity contribution is 0.661. The highest BCUT2D eigenvalue weighted by atomic mass is 32.1.